The fourth-order valence-electron chi connectivity index (χ4n) is 2.56. The average molecular weight is 411 g/mol. The van der Waals surface area contributed by atoms with Crippen molar-refractivity contribution in [3.8, 4) is 0 Å². The summed E-state index contributed by atoms with van der Waals surface area (Å²) >= 11 is 0. The van der Waals surface area contributed by atoms with Gasteiger partial charge < -0.3 is 30.0 Å². The van der Waals surface area contributed by atoms with E-state index in [1.165, 1.54) is 17.2 Å². The lowest BCUT2D eigenvalue weighted by Gasteiger charge is -2.19. The summed E-state index contributed by atoms with van der Waals surface area (Å²) in [4.78, 5) is 47.6. The van der Waals surface area contributed by atoms with Crippen LogP contribution >= 0.6 is 15.6 Å². The largest absolute Gasteiger partial charge is 0.469 e. The Labute approximate surface area is 145 Å². The summed E-state index contributed by atoms with van der Waals surface area (Å²) in [7, 11) is -9.68. The van der Waals surface area contributed by atoms with Crippen LogP contribution in [0.2, 0.25) is 0 Å². The Hall–Kier alpha value is -1.47. The van der Waals surface area contributed by atoms with Gasteiger partial charge >= 0.3 is 15.6 Å². The second kappa shape index (κ2) is 6.93. The zero-order valence-electron chi connectivity index (χ0n) is 12.9. The minimum Gasteiger partial charge on any atom is -0.382 e. The summed E-state index contributed by atoms with van der Waals surface area (Å²) in [6.07, 6.45) is -0.684. The van der Waals surface area contributed by atoms with Crippen molar-refractivity contribution in [2.24, 2.45) is 0 Å². The smallest absolute Gasteiger partial charge is 0.382 e. The molecular formula is C10H15N5O9P2. The molecule has 6 N–H and O–H groups in total. The lowest BCUT2D eigenvalue weighted by atomic mass is 10.2. The number of phosphoric ester groups is 2. The van der Waals surface area contributed by atoms with E-state index in [2.05, 4.69) is 24.0 Å². The molecular weight excluding hydrogens is 396 g/mol. The zero-order valence-corrected chi connectivity index (χ0v) is 14.7. The number of nitrogen functional groups attached to an aromatic ring is 1. The molecule has 1 unspecified atom stereocenters. The van der Waals surface area contributed by atoms with Gasteiger partial charge in [0.25, 0.3) is 0 Å². The summed E-state index contributed by atoms with van der Waals surface area (Å²) < 4.78 is 38.1. The molecule has 0 amide bonds. The summed E-state index contributed by atoms with van der Waals surface area (Å²) in [6, 6.07) is 0. The minimum atomic E-state index is -4.88. The van der Waals surface area contributed by atoms with E-state index in [1.54, 1.807) is 0 Å². The molecule has 0 aliphatic carbocycles. The number of aromatic nitrogens is 4. The van der Waals surface area contributed by atoms with Crippen LogP contribution in [0.15, 0.2) is 12.7 Å². The summed E-state index contributed by atoms with van der Waals surface area (Å²) in [5, 5.41) is 0. The van der Waals surface area contributed by atoms with Crippen molar-refractivity contribution in [1.29, 1.82) is 0 Å². The zero-order chi connectivity index (χ0) is 19.1. The van der Waals surface area contributed by atoms with Crippen LogP contribution in [0, 0.1) is 0 Å². The molecule has 0 spiro atoms. The highest BCUT2D eigenvalue weighted by molar-refractivity contribution is 7.46. The van der Waals surface area contributed by atoms with E-state index in [9.17, 15) is 9.13 Å². The van der Waals surface area contributed by atoms with E-state index >= 15 is 0 Å². The monoisotopic (exact) mass is 411 g/mol. The maximum atomic E-state index is 11.2. The van der Waals surface area contributed by atoms with Gasteiger partial charge in [0, 0.05) is 6.42 Å². The molecule has 0 radical (unpaired) electrons. The van der Waals surface area contributed by atoms with Gasteiger partial charge in [-0.25, -0.2) is 24.1 Å². The third kappa shape index (κ3) is 4.43. The first-order valence-corrected chi connectivity index (χ1v) is 10.1. The number of rotatable bonds is 6. The molecule has 0 aromatic carbocycles. The molecule has 1 fully saturated rings. The molecule has 144 valence electrons. The predicted octanol–water partition coefficient (Wildman–Crippen LogP) is -0.717. The summed E-state index contributed by atoms with van der Waals surface area (Å²) in [5.41, 5.74) is 6.32. The number of nitrogens with two attached hydrogens (primary N) is 1. The molecule has 16 heteroatoms. The standard InChI is InChI=1S/C10H15N5O9P2/c11-9-8-10(13-3-12-9)15(4-14-8)7-1-5(24-26(19,20)21)6(23-7)2-22-25(16,17)18/h3-7H,1-2H2,(H2,11,12,13)(H2,16,17,18)(H2,19,20,21)/t5?,6-,7-/m1/s1. The fourth-order valence-corrected chi connectivity index (χ4v) is 3.48. The predicted molar refractivity (Wildman–Crippen MR) is 83.2 cm³/mol. The van der Waals surface area contributed by atoms with Crippen LogP contribution in [0.4, 0.5) is 5.82 Å². The summed E-state index contributed by atoms with van der Waals surface area (Å²) in [5.74, 6) is 0.135. The van der Waals surface area contributed by atoms with Crippen LogP contribution < -0.4 is 5.73 Å². The molecule has 3 rings (SSSR count). The Kier molecular flexibility index (Phi) is 5.14. The fraction of sp³-hybridized carbons (Fsp3) is 0.500. The maximum Gasteiger partial charge on any atom is 0.469 e. The first-order chi connectivity index (χ1) is 12.0. The van der Waals surface area contributed by atoms with Gasteiger partial charge in [0.05, 0.1) is 12.9 Å². The lowest BCUT2D eigenvalue weighted by molar-refractivity contribution is -0.0417. The van der Waals surface area contributed by atoms with E-state index in [-0.39, 0.29) is 12.2 Å². The number of imidazole rings is 1. The van der Waals surface area contributed by atoms with Crippen LogP contribution in [0.3, 0.4) is 0 Å². The topological polar surface area (TPSA) is 212 Å². The highest BCUT2D eigenvalue weighted by atomic mass is 31.2. The third-order valence-electron chi connectivity index (χ3n) is 3.56. The molecule has 2 aromatic rings. The van der Waals surface area contributed by atoms with Gasteiger partial charge in [0.2, 0.25) is 0 Å². The lowest BCUT2D eigenvalue weighted by Crippen LogP contribution is -2.28. The number of fused-ring (bicyclic) bond motifs is 1. The van der Waals surface area contributed by atoms with Crippen LogP contribution in [-0.4, -0.2) is 57.9 Å². The van der Waals surface area contributed by atoms with Gasteiger partial charge in [0.15, 0.2) is 11.5 Å². The van der Waals surface area contributed by atoms with Crippen molar-refractivity contribution in [2.45, 2.75) is 24.9 Å². The number of anilines is 1. The number of hydrogen-bond donors (Lipinski definition) is 5. The van der Waals surface area contributed by atoms with E-state index in [4.69, 9.17) is 30.0 Å². The van der Waals surface area contributed by atoms with Crippen molar-refractivity contribution in [3.63, 3.8) is 0 Å². The van der Waals surface area contributed by atoms with Gasteiger partial charge in [-0.15, -0.1) is 0 Å². The quantitative estimate of drug-likeness (QED) is 0.372. The molecule has 3 heterocycles. The highest BCUT2D eigenvalue weighted by Gasteiger charge is 2.42. The van der Waals surface area contributed by atoms with Crippen LogP contribution in [0.25, 0.3) is 11.2 Å². The molecule has 1 aliphatic rings. The second-order valence-corrected chi connectivity index (χ2v) is 7.80. The van der Waals surface area contributed by atoms with Gasteiger partial charge in [-0.2, -0.15) is 0 Å². The third-order valence-corrected chi connectivity index (χ3v) is 4.59. The Bertz CT molecular complexity index is 894. The van der Waals surface area contributed by atoms with E-state index in [0.717, 1.165) is 0 Å². The molecule has 14 nitrogen and oxygen atoms in total. The van der Waals surface area contributed by atoms with Gasteiger partial charge in [-0.3, -0.25) is 13.6 Å². The summed E-state index contributed by atoms with van der Waals surface area (Å²) in [6.45, 7) is -0.644. The minimum absolute atomic E-state index is 0.0599. The maximum absolute atomic E-state index is 11.2. The van der Waals surface area contributed by atoms with Crippen molar-refractivity contribution >= 4 is 32.6 Å². The van der Waals surface area contributed by atoms with Gasteiger partial charge in [-0.05, 0) is 0 Å². The highest BCUT2D eigenvalue weighted by Crippen LogP contribution is 2.45. The number of phosphoric acid groups is 2. The Morgan fingerprint density at radius 2 is 1.96 bits per heavy atom. The molecule has 0 bridgehead atoms. The molecule has 1 aliphatic heterocycles. The number of ether oxygens (including phenoxy) is 1. The van der Waals surface area contributed by atoms with Crippen LogP contribution in [0.1, 0.15) is 12.6 Å². The number of nitrogens with zero attached hydrogens (tertiary/aromatic N) is 4. The van der Waals surface area contributed by atoms with Gasteiger partial charge in [0.1, 0.15) is 30.3 Å². The van der Waals surface area contributed by atoms with Crippen molar-refractivity contribution in [1.82, 2.24) is 19.5 Å². The second-order valence-electron chi connectivity index (χ2n) is 5.37. The van der Waals surface area contributed by atoms with Crippen molar-refractivity contribution in [2.75, 3.05) is 12.3 Å². The molecule has 1 saturated heterocycles. The molecule has 3 atom stereocenters. The number of hydrogen-bond acceptors (Lipinski definition) is 9. The molecule has 2 aromatic heterocycles. The molecule has 26 heavy (non-hydrogen) atoms. The Balaban J connectivity index is 1.85. The van der Waals surface area contributed by atoms with E-state index in [1.807, 2.05) is 0 Å². The Morgan fingerprint density at radius 1 is 1.23 bits per heavy atom. The first-order valence-electron chi connectivity index (χ1n) is 7.06. The van der Waals surface area contributed by atoms with E-state index in [0.29, 0.717) is 11.2 Å². The van der Waals surface area contributed by atoms with Gasteiger partial charge in [-0.1, -0.05) is 0 Å². The van der Waals surface area contributed by atoms with E-state index < -0.39 is 40.7 Å². The molecule has 0 saturated carbocycles. The SMILES string of the molecule is Nc1ncnc2c1ncn2[C@H]1CC(OP(=O)(O)O)[C@@H](COP(=O)(O)O)O1. The van der Waals surface area contributed by atoms with Crippen molar-refractivity contribution in [3.05, 3.63) is 12.7 Å². The van der Waals surface area contributed by atoms with Crippen LogP contribution in [0.5, 0.6) is 0 Å². The first kappa shape index (κ1) is 19.3. The average Bonchev–Trinajstić information content (AvgIpc) is 3.07. The van der Waals surface area contributed by atoms with Crippen LogP contribution in [-0.2, 0) is 22.9 Å². The Morgan fingerprint density at radius 3 is 2.62 bits per heavy atom. The van der Waals surface area contributed by atoms with Crippen molar-refractivity contribution < 1.29 is 42.5 Å². The normalized spacial score (nSPS) is 24.4.